The zero-order valence-electron chi connectivity index (χ0n) is 16.6. The molecular formula is C22H25N3O2S. The second-order valence-electron chi connectivity index (χ2n) is 6.67. The average Bonchev–Trinajstić information content (AvgIpc) is 3.17. The van der Waals surface area contributed by atoms with Crippen molar-refractivity contribution in [3.8, 4) is 11.4 Å². The molecular weight excluding hydrogens is 370 g/mol. The van der Waals surface area contributed by atoms with Crippen LogP contribution in [0.25, 0.3) is 5.69 Å². The molecule has 0 saturated carbocycles. The summed E-state index contributed by atoms with van der Waals surface area (Å²) in [5.41, 5.74) is 4.49. The van der Waals surface area contributed by atoms with E-state index < -0.39 is 0 Å². The number of amides is 1. The van der Waals surface area contributed by atoms with Gasteiger partial charge in [0.1, 0.15) is 5.75 Å². The number of hydrogen-bond donors (Lipinski definition) is 1. The highest BCUT2D eigenvalue weighted by Crippen LogP contribution is 2.25. The number of benzene rings is 2. The number of imidazole rings is 1. The molecule has 0 fully saturated rings. The first-order chi connectivity index (χ1) is 13.5. The average molecular weight is 396 g/mol. The minimum absolute atomic E-state index is 0.0435. The van der Waals surface area contributed by atoms with Crippen molar-refractivity contribution in [2.75, 3.05) is 12.9 Å². The molecule has 1 heterocycles. The molecule has 0 radical (unpaired) electrons. The summed E-state index contributed by atoms with van der Waals surface area (Å²) >= 11 is 1.42. The van der Waals surface area contributed by atoms with Crippen LogP contribution in [0.4, 0.5) is 0 Å². The third kappa shape index (κ3) is 4.57. The summed E-state index contributed by atoms with van der Waals surface area (Å²) in [6.07, 6.45) is 3.68. The Bertz CT molecular complexity index is 968. The zero-order chi connectivity index (χ0) is 20.1. The Morgan fingerprint density at radius 2 is 2.00 bits per heavy atom. The lowest BCUT2D eigenvalue weighted by molar-refractivity contribution is -0.119. The first-order valence-electron chi connectivity index (χ1n) is 9.15. The first-order valence-corrected chi connectivity index (χ1v) is 10.1. The predicted octanol–water partition coefficient (Wildman–Crippen LogP) is 4.47. The van der Waals surface area contributed by atoms with E-state index >= 15 is 0 Å². The number of methoxy groups -OCH3 is 1. The van der Waals surface area contributed by atoms with Crippen molar-refractivity contribution in [2.24, 2.45) is 0 Å². The van der Waals surface area contributed by atoms with Gasteiger partial charge >= 0.3 is 0 Å². The maximum Gasteiger partial charge on any atom is 0.230 e. The van der Waals surface area contributed by atoms with Crippen LogP contribution in [0.5, 0.6) is 5.75 Å². The van der Waals surface area contributed by atoms with Gasteiger partial charge in [0.15, 0.2) is 5.16 Å². The third-order valence-electron chi connectivity index (χ3n) is 4.69. The van der Waals surface area contributed by atoms with Gasteiger partial charge in [0.05, 0.1) is 18.9 Å². The van der Waals surface area contributed by atoms with Gasteiger partial charge < -0.3 is 10.1 Å². The van der Waals surface area contributed by atoms with Gasteiger partial charge in [-0.3, -0.25) is 9.36 Å². The van der Waals surface area contributed by atoms with Crippen LogP contribution in [-0.4, -0.2) is 28.3 Å². The fourth-order valence-corrected chi connectivity index (χ4v) is 3.77. The van der Waals surface area contributed by atoms with Gasteiger partial charge in [0, 0.05) is 23.6 Å². The minimum atomic E-state index is -0.135. The van der Waals surface area contributed by atoms with Crippen LogP contribution in [0.3, 0.4) is 0 Å². The van der Waals surface area contributed by atoms with Crippen LogP contribution in [0.15, 0.2) is 60.0 Å². The molecule has 146 valence electrons. The lowest BCUT2D eigenvalue weighted by Crippen LogP contribution is -2.28. The van der Waals surface area contributed by atoms with E-state index in [-0.39, 0.29) is 11.9 Å². The molecule has 0 aliphatic heterocycles. The van der Waals surface area contributed by atoms with Crippen molar-refractivity contribution in [1.82, 2.24) is 14.9 Å². The maximum absolute atomic E-state index is 12.5. The number of para-hydroxylation sites is 1. The standard InChI is InChI=1S/C22H25N3O2S/c1-15-9-10-18(13-16(15)2)25-12-11-23-22(25)28-14-21(26)24-17(3)19-7-5-6-8-20(19)27-4/h5-13,17H,14H2,1-4H3,(H,24,26). The molecule has 0 spiro atoms. The monoisotopic (exact) mass is 395 g/mol. The molecule has 1 atom stereocenters. The van der Waals surface area contributed by atoms with Crippen LogP contribution in [0, 0.1) is 13.8 Å². The molecule has 1 aromatic heterocycles. The number of nitrogens with one attached hydrogen (secondary N) is 1. The van der Waals surface area contributed by atoms with E-state index in [1.54, 1.807) is 13.3 Å². The minimum Gasteiger partial charge on any atom is -0.496 e. The molecule has 0 aliphatic rings. The highest BCUT2D eigenvalue weighted by molar-refractivity contribution is 7.99. The Labute approximate surface area is 170 Å². The predicted molar refractivity (Wildman–Crippen MR) is 113 cm³/mol. The van der Waals surface area contributed by atoms with Crippen LogP contribution in [0.2, 0.25) is 0 Å². The SMILES string of the molecule is COc1ccccc1C(C)NC(=O)CSc1nccn1-c1ccc(C)c(C)c1. The summed E-state index contributed by atoms with van der Waals surface area (Å²) in [6, 6.07) is 13.9. The molecule has 0 saturated heterocycles. The van der Waals surface area contributed by atoms with Crippen molar-refractivity contribution in [3.63, 3.8) is 0 Å². The number of aryl methyl sites for hydroxylation is 2. The normalized spacial score (nSPS) is 11.9. The van der Waals surface area contributed by atoms with Gasteiger partial charge in [-0.25, -0.2) is 4.98 Å². The molecule has 6 heteroatoms. The lowest BCUT2D eigenvalue weighted by Gasteiger charge is -2.17. The van der Waals surface area contributed by atoms with Crippen molar-refractivity contribution in [1.29, 1.82) is 0 Å². The lowest BCUT2D eigenvalue weighted by atomic mass is 10.1. The number of carbonyl (C=O) groups excluding carboxylic acids is 1. The topological polar surface area (TPSA) is 56.1 Å². The fraction of sp³-hybridized carbons (Fsp3) is 0.273. The van der Waals surface area contributed by atoms with Gasteiger partial charge in [-0.1, -0.05) is 36.0 Å². The van der Waals surface area contributed by atoms with Crippen LogP contribution in [0.1, 0.15) is 29.7 Å². The fourth-order valence-electron chi connectivity index (χ4n) is 2.98. The van der Waals surface area contributed by atoms with Gasteiger partial charge in [-0.15, -0.1) is 0 Å². The molecule has 1 unspecified atom stereocenters. The van der Waals surface area contributed by atoms with E-state index in [4.69, 9.17) is 4.74 Å². The number of ether oxygens (including phenoxy) is 1. The van der Waals surface area contributed by atoms with E-state index in [1.165, 1.54) is 22.9 Å². The first kappa shape index (κ1) is 20.0. The molecule has 1 N–H and O–H groups in total. The molecule has 2 aromatic carbocycles. The second-order valence-corrected chi connectivity index (χ2v) is 7.61. The zero-order valence-corrected chi connectivity index (χ0v) is 17.4. The van der Waals surface area contributed by atoms with E-state index in [2.05, 4.69) is 42.3 Å². The molecule has 0 bridgehead atoms. The maximum atomic E-state index is 12.5. The summed E-state index contributed by atoms with van der Waals surface area (Å²) in [7, 11) is 1.63. The molecule has 1 amide bonds. The molecule has 3 aromatic rings. The molecule has 3 rings (SSSR count). The van der Waals surface area contributed by atoms with Crippen molar-refractivity contribution in [3.05, 3.63) is 71.5 Å². The summed E-state index contributed by atoms with van der Waals surface area (Å²) in [5.74, 6) is 1.02. The summed E-state index contributed by atoms with van der Waals surface area (Å²) in [4.78, 5) is 16.9. The van der Waals surface area contributed by atoms with E-state index in [9.17, 15) is 4.79 Å². The van der Waals surface area contributed by atoms with Gasteiger partial charge in [-0.2, -0.15) is 0 Å². The number of hydrogen-bond acceptors (Lipinski definition) is 4. The Hall–Kier alpha value is -2.73. The molecule has 5 nitrogen and oxygen atoms in total. The Kier molecular flexibility index (Phi) is 6.41. The summed E-state index contributed by atoms with van der Waals surface area (Å²) in [6.45, 7) is 6.14. The third-order valence-corrected chi connectivity index (χ3v) is 5.66. The van der Waals surface area contributed by atoms with Gasteiger partial charge in [-0.05, 0) is 50.1 Å². The molecule has 0 aliphatic carbocycles. The van der Waals surface area contributed by atoms with Crippen LogP contribution in [-0.2, 0) is 4.79 Å². The van der Waals surface area contributed by atoms with Crippen molar-refractivity contribution < 1.29 is 9.53 Å². The quantitative estimate of drug-likeness (QED) is 0.600. The van der Waals surface area contributed by atoms with Crippen molar-refractivity contribution >= 4 is 17.7 Å². The summed E-state index contributed by atoms with van der Waals surface area (Å²) < 4.78 is 7.39. The van der Waals surface area contributed by atoms with E-state index in [1.807, 2.05) is 42.0 Å². The van der Waals surface area contributed by atoms with Crippen LogP contribution >= 0.6 is 11.8 Å². The van der Waals surface area contributed by atoms with Crippen LogP contribution < -0.4 is 10.1 Å². The number of carbonyl (C=O) groups is 1. The largest absolute Gasteiger partial charge is 0.496 e. The Morgan fingerprint density at radius 1 is 1.21 bits per heavy atom. The Balaban J connectivity index is 1.64. The number of rotatable bonds is 7. The number of thioether (sulfide) groups is 1. The van der Waals surface area contributed by atoms with Gasteiger partial charge in [0.25, 0.3) is 0 Å². The van der Waals surface area contributed by atoms with E-state index in [0.29, 0.717) is 5.75 Å². The Morgan fingerprint density at radius 3 is 2.75 bits per heavy atom. The van der Waals surface area contributed by atoms with Crippen molar-refractivity contribution in [2.45, 2.75) is 32.0 Å². The number of nitrogens with zero attached hydrogens (tertiary/aromatic N) is 2. The highest BCUT2D eigenvalue weighted by atomic mass is 32.2. The van der Waals surface area contributed by atoms with E-state index in [0.717, 1.165) is 22.2 Å². The highest BCUT2D eigenvalue weighted by Gasteiger charge is 2.15. The second kappa shape index (κ2) is 8.97. The molecule has 28 heavy (non-hydrogen) atoms. The smallest absolute Gasteiger partial charge is 0.230 e. The summed E-state index contributed by atoms with van der Waals surface area (Å²) in [5, 5.41) is 3.83. The number of aromatic nitrogens is 2. The van der Waals surface area contributed by atoms with Gasteiger partial charge in [0.2, 0.25) is 5.91 Å².